The van der Waals surface area contributed by atoms with Crippen LogP contribution in [0, 0.1) is 5.92 Å². The minimum Gasteiger partial charge on any atom is -0.396 e. The fraction of sp³-hybridized carbons (Fsp3) is 0.355. The Morgan fingerprint density at radius 2 is 1.86 bits per heavy atom. The second-order valence-electron chi connectivity index (χ2n) is 10.8. The van der Waals surface area contributed by atoms with Gasteiger partial charge < -0.3 is 21.1 Å². The predicted molar refractivity (Wildman–Crippen MR) is 167 cm³/mol. The lowest BCUT2D eigenvalue weighted by Crippen LogP contribution is -2.51. The Balaban J connectivity index is 1.32. The quantitative estimate of drug-likeness (QED) is 0.267. The number of aliphatic imine (C=N–C) groups is 1. The fourth-order valence-corrected chi connectivity index (χ4v) is 6.81. The van der Waals surface area contributed by atoms with Gasteiger partial charge in [-0.3, -0.25) is 4.79 Å². The molecular weight excluding hydrogens is 566 g/mol. The molecule has 3 heterocycles. The first-order valence-corrected chi connectivity index (χ1v) is 15.9. The normalized spacial score (nSPS) is 15.5. The van der Waals surface area contributed by atoms with E-state index in [2.05, 4.69) is 20.3 Å². The third-order valence-corrected chi connectivity index (χ3v) is 9.32. The van der Waals surface area contributed by atoms with Gasteiger partial charge in [0.05, 0.1) is 10.6 Å². The molecule has 4 N–H and O–H groups in total. The van der Waals surface area contributed by atoms with Gasteiger partial charge in [-0.25, -0.2) is 23.4 Å². The van der Waals surface area contributed by atoms with Crippen LogP contribution in [0.15, 0.2) is 76.4 Å². The zero-order chi connectivity index (χ0) is 30.4. The molecule has 0 atom stereocenters. The Hall–Kier alpha value is -4.13. The monoisotopic (exact) mass is 603 g/mol. The summed E-state index contributed by atoms with van der Waals surface area (Å²) in [5.41, 5.74) is 9.77. The molecule has 2 aliphatic heterocycles. The minimum atomic E-state index is -3.65. The average Bonchev–Trinajstić information content (AvgIpc) is 3.15. The van der Waals surface area contributed by atoms with Crippen LogP contribution < -0.4 is 11.1 Å². The molecule has 0 saturated carbocycles. The zero-order valence-electron chi connectivity index (χ0n) is 24.2. The van der Waals surface area contributed by atoms with Crippen molar-refractivity contribution in [3.63, 3.8) is 0 Å². The van der Waals surface area contributed by atoms with Gasteiger partial charge in [-0.2, -0.15) is 4.31 Å². The van der Waals surface area contributed by atoms with Crippen molar-refractivity contribution in [2.45, 2.75) is 31.1 Å². The Bertz CT molecular complexity index is 1620. The van der Waals surface area contributed by atoms with Crippen LogP contribution in [0.1, 0.15) is 31.7 Å². The molecule has 2 aromatic carbocycles. The topological polar surface area (TPSA) is 154 Å². The number of aromatic nitrogens is 2. The van der Waals surface area contributed by atoms with Crippen LogP contribution in [0.4, 0.5) is 11.6 Å². The maximum Gasteiger partial charge on any atom is 0.250 e. The van der Waals surface area contributed by atoms with Gasteiger partial charge in [0, 0.05) is 75.2 Å². The molecule has 43 heavy (non-hydrogen) atoms. The Morgan fingerprint density at radius 1 is 1.09 bits per heavy atom. The van der Waals surface area contributed by atoms with E-state index in [0.717, 1.165) is 29.5 Å². The highest BCUT2D eigenvalue weighted by Crippen LogP contribution is 2.34. The summed E-state index contributed by atoms with van der Waals surface area (Å²) in [6.07, 6.45) is 7.00. The molecule has 3 aromatic rings. The molecule has 1 fully saturated rings. The second-order valence-corrected chi connectivity index (χ2v) is 12.7. The number of nitrogens with zero attached hydrogens (tertiary/aromatic N) is 5. The molecule has 12 heteroatoms. The molecule has 0 radical (unpaired) electrons. The summed E-state index contributed by atoms with van der Waals surface area (Å²) >= 11 is 0. The van der Waals surface area contributed by atoms with Crippen LogP contribution in [0.5, 0.6) is 0 Å². The number of nitrogens with one attached hydrogen (secondary N) is 1. The number of nitrogens with two attached hydrogens (primary N) is 1. The molecule has 11 nitrogen and oxygen atoms in total. The molecule has 5 rings (SSSR count). The summed E-state index contributed by atoms with van der Waals surface area (Å²) in [6, 6.07) is 14.2. The highest BCUT2D eigenvalue weighted by Gasteiger charge is 2.36. The first-order chi connectivity index (χ1) is 20.8. The number of aliphatic hydroxyl groups is 1. The van der Waals surface area contributed by atoms with Crippen molar-refractivity contribution in [3.8, 4) is 11.1 Å². The fourth-order valence-electron chi connectivity index (χ4n) is 5.18. The van der Waals surface area contributed by atoms with Gasteiger partial charge in [-0.05, 0) is 54.3 Å². The molecular formula is C31H37N7O4S. The van der Waals surface area contributed by atoms with Gasteiger partial charge >= 0.3 is 0 Å². The SMILES string of the molecule is CCCN(CCCNc1ncccn1)C(=O)C1=Cc2ccc(-c3cccc(S(=O)(=O)N4CC(CO)C4)c3)cc2N=C(N)C1. The van der Waals surface area contributed by atoms with Gasteiger partial charge in [0.1, 0.15) is 5.84 Å². The summed E-state index contributed by atoms with van der Waals surface area (Å²) in [6.45, 7) is 4.49. The average molecular weight is 604 g/mol. The van der Waals surface area contributed by atoms with Gasteiger partial charge in [-0.15, -0.1) is 0 Å². The van der Waals surface area contributed by atoms with Gasteiger partial charge in [0.2, 0.25) is 21.9 Å². The molecule has 226 valence electrons. The summed E-state index contributed by atoms with van der Waals surface area (Å²) in [5.74, 6) is 0.807. The molecule has 0 bridgehead atoms. The highest BCUT2D eigenvalue weighted by atomic mass is 32.2. The van der Waals surface area contributed by atoms with E-state index in [0.29, 0.717) is 55.8 Å². The number of carbonyl (C=O) groups excluding carboxylic acids is 1. The molecule has 0 aliphatic carbocycles. The number of anilines is 1. The highest BCUT2D eigenvalue weighted by molar-refractivity contribution is 7.89. The van der Waals surface area contributed by atoms with Crippen molar-refractivity contribution in [1.29, 1.82) is 0 Å². The molecule has 1 saturated heterocycles. The third-order valence-electron chi connectivity index (χ3n) is 7.49. The van der Waals surface area contributed by atoms with Crippen LogP contribution in [-0.2, 0) is 14.8 Å². The Morgan fingerprint density at radius 3 is 2.60 bits per heavy atom. The third kappa shape index (κ3) is 7.10. The number of sulfonamides is 1. The summed E-state index contributed by atoms with van der Waals surface area (Å²) < 4.78 is 27.5. The van der Waals surface area contributed by atoms with E-state index in [1.165, 1.54) is 4.31 Å². The van der Waals surface area contributed by atoms with Crippen molar-refractivity contribution < 1.29 is 18.3 Å². The van der Waals surface area contributed by atoms with Crippen molar-refractivity contribution >= 4 is 39.5 Å². The minimum absolute atomic E-state index is 0.0171. The number of fused-ring (bicyclic) bond motifs is 1. The first-order valence-electron chi connectivity index (χ1n) is 14.5. The number of hydrogen-bond donors (Lipinski definition) is 3. The zero-order valence-corrected chi connectivity index (χ0v) is 25.0. The smallest absolute Gasteiger partial charge is 0.250 e. The number of carbonyl (C=O) groups is 1. The van der Waals surface area contributed by atoms with Crippen molar-refractivity contribution in [1.82, 2.24) is 19.2 Å². The number of amidine groups is 1. The standard InChI is InChI=1S/C31H37N7O4S/c1-2-13-37(14-5-12-35-31-33-10-4-11-34-31)30(40)26-15-25-9-8-24(17-28(25)36-29(32)18-26)23-6-3-7-27(16-23)43(41,42)38-19-22(20-38)21-39/h3-4,6-11,15-17,22,39H,2,5,12-14,18-21H2,1H3,(H2,32,36)(H,33,34,35). The summed E-state index contributed by atoms with van der Waals surface area (Å²) in [5, 5.41) is 12.5. The molecule has 0 spiro atoms. The van der Waals surface area contributed by atoms with Crippen molar-refractivity contribution in [3.05, 3.63) is 72.1 Å². The second kappa shape index (κ2) is 13.4. The Labute approximate surface area is 252 Å². The van der Waals surface area contributed by atoms with Crippen LogP contribution in [-0.4, -0.2) is 83.8 Å². The van der Waals surface area contributed by atoms with Crippen LogP contribution >= 0.6 is 0 Å². The number of aliphatic hydroxyl groups excluding tert-OH is 1. The van der Waals surface area contributed by atoms with Gasteiger partial charge in [0.15, 0.2) is 0 Å². The molecule has 1 aromatic heterocycles. The lowest BCUT2D eigenvalue weighted by Gasteiger charge is -2.36. The lowest BCUT2D eigenvalue weighted by molar-refractivity contribution is -0.127. The molecule has 2 aliphatic rings. The van der Waals surface area contributed by atoms with E-state index in [-0.39, 0.29) is 29.7 Å². The van der Waals surface area contributed by atoms with Crippen LogP contribution in [0.3, 0.4) is 0 Å². The van der Waals surface area contributed by atoms with E-state index in [1.54, 1.807) is 36.7 Å². The van der Waals surface area contributed by atoms with E-state index < -0.39 is 10.0 Å². The maximum atomic E-state index is 13.6. The summed E-state index contributed by atoms with van der Waals surface area (Å²) in [7, 11) is -3.65. The van der Waals surface area contributed by atoms with E-state index >= 15 is 0 Å². The number of hydrogen-bond acceptors (Lipinski definition) is 9. The largest absolute Gasteiger partial charge is 0.396 e. The number of benzene rings is 2. The first kappa shape index (κ1) is 30.3. The number of amides is 1. The van der Waals surface area contributed by atoms with Crippen molar-refractivity contribution in [2.75, 3.05) is 44.6 Å². The lowest BCUT2D eigenvalue weighted by atomic mass is 10.0. The van der Waals surface area contributed by atoms with E-state index in [9.17, 15) is 18.3 Å². The predicted octanol–water partition coefficient (Wildman–Crippen LogP) is 3.27. The molecule has 1 amide bonds. The van der Waals surface area contributed by atoms with Crippen LogP contribution in [0.25, 0.3) is 17.2 Å². The van der Waals surface area contributed by atoms with Gasteiger partial charge in [-0.1, -0.05) is 31.2 Å². The molecule has 0 unspecified atom stereocenters. The number of rotatable bonds is 12. The van der Waals surface area contributed by atoms with Gasteiger partial charge in [0.25, 0.3) is 0 Å². The van der Waals surface area contributed by atoms with Crippen molar-refractivity contribution in [2.24, 2.45) is 16.6 Å². The van der Waals surface area contributed by atoms with E-state index in [1.807, 2.05) is 42.2 Å². The van der Waals surface area contributed by atoms with E-state index in [4.69, 9.17) is 5.73 Å². The Kier molecular flexibility index (Phi) is 9.49. The summed E-state index contributed by atoms with van der Waals surface area (Å²) in [4.78, 5) is 28.6. The maximum absolute atomic E-state index is 13.6. The van der Waals surface area contributed by atoms with Crippen LogP contribution in [0.2, 0.25) is 0 Å².